The first-order valence-electron chi connectivity index (χ1n) is 5.36. The SMILES string of the molecule is CC(C)(CO)C1CCCCC12CO2. The van der Waals surface area contributed by atoms with Gasteiger partial charge in [-0.15, -0.1) is 0 Å². The van der Waals surface area contributed by atoms with Crippen LogP contribution in [0.5, 0.6) is 0 Å². The number of hydrogen-bond acceptors (Lipinski definition) is 2. The van der Waals surface area contributed by atoms with Crippen LogP contribution in [-0.2, 0) is 4.74 Å². The Kier molecular flexibility index (Phi) is 2.16. The second kappa shape index (κ2) is 2.96. The topological polar surface area (TPSA) is 32.8 Å². The molecule has 76 valence electrons. The van der Waals surface area contributed by atoms with E-state index < -0.39 is 0 Å². The standard InChI is InChI=1S/C11H20O2/c1-10(2,7-12)9-5-3-4-6-11(9)8-13-11/h9,12H,3-8H2,1-2H3. The lowest BCUT2D eigenvalue weighted by Crippen LogP contribution is -2.41. The summed E-state index contributed by atoms with van der Waals surface area (Å²) in [7, 11) is 0. The minimum atomic E-state index is 0.0386. The van der Waals surface area contributed by atoms with Crippen LogP contribution >= 0.6 is 0 Å². The quantitative estimate of drug-likeness (QED) is 0.665. The maximum absolute atomic E-state index is 9.35. The first-order valence-corrected chi connectivity index (χ1v) is 5.36. The molecule has 0 aromatic rings. The first kappa shape index (κ1) is 9.47. The van der Waals surface area contributed by atoms with Gasteiger partial charge in [0.2, 0.25) is 0 Å². The zero-order valence-corrected chi connectivity index (χ0v) is 8.68. The highest BCUT2D eigenvalue weighted by Gasteiger charge is 2.56. The number of epoxide rings is 1. The molecule has 2 nitrogen and oxygen atoms in total. The van der Waals surface area contributed by atoms with Gasteiger partial charge in [0.25, 0.3) is 0 Å². The Bertz CT molecular complexity index is 192. The summed E-state index contributed by atoms with van der Waals surface area (Å²) in [5, 5.41) is 9.35. The zero-order chi connectivity index (χ0) is 9.53. The lowest BCUT2D eigenvalue weighted by atomic mass is 9.66. The highest BCUT2D eigenvalue weighted by atomic mass is 16.6. The van der Waals surface area contributed by atoms with Gasteiger partial charge >= 0.3 is 0 Å². The predicted octanol–water partition coefficient (Wildman–Crippen LogP) is 1.96. The Morgan fingerprint density at radius 1 is 1.46 bits per heavy atom. The van der Waals surface area contributed by atoms with Crippen LogP contribution in [0.15, 0.2) is 0 Å². The van der Waals surface area contributed by atoms with Crippen LogP contribution in [0.2, 0.25) is 0 Å². The largest absolute Gasteiger partial charge is 0.396 e. The molecule has 2 unspecified atom stereocenters. The molecule has 2 heteroatoms. The van der Waals surface area contributed by atoms with Gasteiger partial charge in [0, 0.05) is 6.61 Å². The van der Waals surface area contributed by atoms with E-state index in [4.69, 9.17) is 4.74 Å². The lowest BCUT2D eigenvalue weighted by Gasteiger charge is -2.40. The molecule has 0 aromatic carbocycles. The molecular weight excluding hydrogens is 164 g/mol. The van der Waals surface area contributed by atoms with Gasteiger partial charge in [0.1, 0.15) is 0 Å². The van der Waals surface area contributed by atoms with Crippen LogP contribution < -0.4 is 0 Å². The van der Waals surface area contributed by atoms with Crippen molar-refractivity contribution < 1.29 is 9.84 Å². The van der Waals surface area contributed by atoms with Gasteiger partial charge in [0.15, 0.2) is 0 Å². The Morgan fingerprint density at radius 3 is 2.69 bits per heavy atom. The number of hydrogen-bond donors (Lipinski definition) is 1. The molecule has 13 heavy (non-hydrogen) atoms. The average molecular weight is 184 g/mol. The fraction of sp³-hybridized carbons (Fsp3) is 1.00. The van der Waals surface area contributed by atoms with Gasteiger partial charge in [-0.3, -0.25) is 0 Å². The van der Waals surface area contributed by atoms with Crippen molar-refractivity contribution in [2.75, 3.05) is 13.2 Å². The summed E-state index contributed by atoms with van der Waals surface area (Å²) >= 11 is 0. The summed E-state index contributed by atoms with van der Waals surface area (Å²) in [6.07, 6.45) is 5.05. The molecule has 2 fully saturated rings. The van der Waals surface area contributed by atoms with Crippen molar-refractivity contribution in [3.8, 4) is 0 Å². The Hall–Kier alpha value is -0.0800. The second-order valence-corrected chi connectivity index (χ2v) is 5.30. The lowest BCUT2D eigenvalue weighted by molar-refractivity contribution is 0.0162. The molecule has 0 radical (unpaired) electrons. The summed E-state index contributed by atoms with van der Waals surface area (Å²) in [5.41, 5.74) is 0.210. The van der Waals surface area contributed by atoms with E-state index in [-0.39, 0.29) is 17.6 Å². The van der Waals surface area contributed by atoms with E-state index in [1.165, 1.54) is 25.7 Å². The summed E-state index contributed by atoms with van der Waals surface area (Å²) in [4.78, 5) is 0. The highest BCUT2D eigenvalue weighted by Crippen LogP contribution is 2.52. The molecule has 1 heterocycles. The Labute approximate surface area is 80.3 Å². The maximum atomic E-state index is 9.35. The smallest absolute Gasteiger partial charge is 0.0950 e. The molecule has 1 saturated heterocycles. The molecule has 1 aliphatic carbocycles. The third kappa shape index (κ3) is 1.50. The summed E-state index contributed by atoms with van der Waals surface area (Å²) in [6.45, 7) is 5.53. The zero-order valence-electron chi connectivity index (χ0n) is 8.68. The summed E-state index contributed by atoms with van der Waals surface area (Å²) < 4.78 is 5.63. The third-order valence-electron chi connectivity index (χ3n) is 3.84. The van der Waals surface area contributed by atoms with Gasteiger partial charge < -0.3 is 9.84 Å². The molecular formula is C11H20O2. The molecule has 0 bridgehead atoms. The van der Waals surface area contributed by atoms with Crippen LogP contribution in [0.25, 0.3) is 0 Å². The van der Waals surface area contributed by atoms with Gasteiger partial charge in [0.05, 0.1) is 12.2 Å². The van der Waals surface area contributed by atoms with E-state index in [0.717, 1.165) is 6.61 Å². The molecule has 2 aliphatic rings. The number of aliphatic hydroxyl groups excluding tert-OH is 1. The van der Waals surface area contributed by atoms with Crippen LogP contribution in [0.4, 0.5) is 0 Å². The van der Waals surface area contributed by atoms with Gasteiger partial charge in [-0.25, -0.2) is 0 Å². The molecule has 0 amide bonds. The van der Waals surface area contributed by atoms with Crippen molar-refractivity contribution >= 4 is 0 Å². The average Bonchev–Trinajstić information content (AvgIpc) is 2.86. The fourth-order valence-corrected chi connectivity index (χ4v) is 2.86. The summed E-state index contributed by atoms with van der Waals surface area (Å²) in [6, 6.07) is 0. The van der Waals surface area contributed by atoms with E-state index in [1.807, 2.05) is 0 Å². The van der Waals surface area contributed by atoms with Crippen LogP contribution in [-0.4, -0.2) is 23.9 Å². The van der Waals surface area contributed by atoms with Crippen molar-refractivity contribution in [1.82, 2.24) is 0 Å². The minimum Gasteiger partial charge on any atom is -0.396 e. The predicted molar refractivity (Wildman–Crippen MR) is 51.5 cm³/mol. The third-order valence-corrected chi connectivity index (χ3v) is 3.84. The Morgan fingerprint density at radius 2 is 2.15 bits per heavy atom. The van der Waals surface area contributed by atoms with E-state index in [0.29, 0.717) is 5.92 Å². The molecule has 0 aromatic heterocycles. The molecule has 2 rings (SSSR count). The van der Waals surface area contributed by atoms with E-state index in [1.54, 1.807) is 0 Å². The van der Waals surface area contributed by atoms with E-state index in [2.05, 4.69) is 13.8 Å². The second-order valence-electron chi connectivity index (χ2n) is 5.30. The summed E-state index contributed by atoms with van der Waals surface area (Å²) in [5.74, 6) is 0.568. The van der Waals surface area contributed by atoms with Gasteiger partial charge in [-0.2, -0.15) is 0 Å². The molecule has 1 spiro atoms. The van der Waals surface area contributed by atoms with Crippen molar-refractivity contribution in [3.63, 3.8) is 0 Å². The van der Waals surface area contributed by atoms with Gasteiger partial charge in [-0.05, 0) is 24.2 Å². The van der Waals surface area contributed by atoms with Crippen LogP contribution in [0.3, 0.4) is 0 Å². The number of rotatable bonds is 2. The minimum absolute atomic E-state index is 0.0386. The van der Waals surface area contributed by atoms with Crippen molar-refractivity contribution in [3.05, 3.63) is 0 Å². The highest BCUT2D eigenvalue weighted by molar-refractivity contribution is 5.05. The first-order chi connectivity index (χ1) is 6.11. The maximum Gasteiger partial charge on any atom is 0.0950 e. The molecule has 1 saturated carbocycles. The van der Waals surface area contributed by atoms with E-state index >= 15 is 0 Å². The number of ether oxygens (including phenoxy) is 1. The van der Waals surface area contributed by atoms with Crippen LogP contribution in [0, 0.1) is 11.3 Å². The number of aliphatic hydroxyl groups is 1. The van der Waals surface area contributed by atoms with Crippen molar-refractivity contribution in [1.29, 1.82) is 0 Å². The van der Waals surface area contributed by atoms with Crippen molar-refractivity contribution in [2.45, 2.75) is 45.1 Å². The van der Waals surface area contributed by atoms with Gasteiger partial charge in [-0.1, -0.05) is 26.7 Å². The molecule has 1 aliphatic heterocycles. The van der Waals surface area contributed by atoms with Crippen LogP contribution in [0.1, 0.15) is 39.5 Å². The van der Waals surface area contributed by atoms with Crippen molar-refractivity contribution in [2.24, 2.45) is 11.3 Å². The molecule has 1 N–H and O–H groups in total. The molecule has 2 atom stereocenters. The monoisotopic (exact) mass is 184 g/mol. The Balaban J connectivity index is 2.12. The normalized spacial score (nSPS) is 39.5. The van der Waals surface area contributed by atoms with E-state index in [9.17, 15) is 5.11 Å². The fourth-order valence-electron chi connectivity index (χ4n) is 2.86.